The molecule has 0 saturated carbocycles. The number of phenols is 1. The number of ether oxygens (including phenoxy) is 1. The lowest BCUT2D eigenvalue weighted by Gasteiger charge is -2.28. The molecule has 214 valence electrons. The van der Waals surface area contributed by atoms with Crippen molar-refractivity contribution in [2.75, 3.05) is 7.11 Å². The number of carbonyl (C=O) groups is 2. The van der Waals surface area contributed by atoms with E-state index in [1.807, 2.05) is 30.5 Å². The maximum Gasteiger partial charge on any atom is 0.307 e. The molecule has 0 bridgehead atoms. The Morgan fingerprint density at radius 3 is 2.51 bits per heavy atom. The van der Waals surface area contributed by atoms with Crippen LogP contribution in [0.25, 0.3) is 10.9 Å². The summed E-state index contributed by atoms with van der Waals surface area (Å²) in [6.07, 6.45) is 3.81. The molecule has 0 aliphatic heterocycles. The first-order valence-corrected chi connectivity index (χ1v) is 12.8. The van der Waals surface area contributed by atoms with Crippen molar-refractivity contribution in [3.63, 3.8) is 0 Å². The second-order valence-corrected chi connectivity index (χ2v) is 9.60. The molecule has 1 aromatic heterocycles. The summed E-state index contributed by atoms with van der Waals surface area (Å²) in [5.74, 6) is 3.11. The number of H-pyrrole nitrogens is 1. The molecule has 0 radical (unpaired) electrons. The summed E-state index contributed by atoms with van der Waals surface area (Å²) in [4.78, 5) is 28.4. The minimum atomic E-state index is -1.16. The van der Waals surface area contributed by atoms with E-state index in [2.05, 4.69) is 10.3 Å². The van der Waals surface area contributed by atoms with Crippen LogP contribution in [-0.4, -0.2) is 46.2 Å². The monoisotopic (exact) mass is 563 g/mol. The first-order chi connectivity index (χ1) is 19.6. The molecule has 0 fully saturated rings. The number of aromatic nitrogens is 1. The Kier molecular flexibility index (Phi) is 9.20. The van der Waals surface area contributed by atoms with E-state index in [4.69, 9.17) is 16.3 Å². The summed E-state index contributed by atoms with van der Waals surface area (Å²) < 4.78 is 32.1. The molecule has 0 aliphatic rings. The summed E-state index contributed by atoms with van der Waals surface area (Å²) >= 11 is 0. The van der Waals surface area contributed by atoms with Gasteiger partial charge in [-0.1, -0.05) is 30.3 Å². The number of esters is 1. The number of amides is 1. The highest BCUT2D eigenvalue weighted by Gasteiger charge is 2.23. The van der Waals surface area contributed by atoms with Crippen molar-refractivity contribution in [2.45, 2.75) is 31.3 Å². The third kappa shape index (κ3) is 7.40. The van der Waals surface area contributed by atoms with Crippen molar-refractivity contribution in [1.82, 2.24) is 15.3 Å². The van der Waals surface area contributed by atoms with Gasteiger partial charge in [-0.25, -0.2) is 14.6 Å². The van der Waals surface area contributed by atoms with E-state index < -0.39 is 35.6 Å². The standard InChI is InChI=1S/C30H31F2N5O4/c1-41-29(39)15-21(13-20-16-35-27-5-3-2-4-23(20)27)37(34)17-26(33)28(12-18-6-9-22(38)10-7-18)36-30(40)19-8-11-24(31)25(32)14-19/h2-11,14,16-17,21,28,35,38H,12-13,15,33-34H2,1H3,(H,36,40)/b26-17-. The van der Waals surface area contributed by atoms with Gasteiger partial charge in [-0.15, -0.1) is 0 Å². The largest absolute Gasteiger partial charge is 0.508 e. The van der Waals surface area contributed by atoms with Gasteiger partial charge in [0.1, 0.15) is 5.75 Å². The number of hydrogen-bond donors (Lipinski definition) is 5. The Morgan fingerprint density at radius 2 is 1.80 bits per heavy atom. The zero-order valence-electron chi connectivity index (χ0n) is 22.3. The predicted molar refractivity (Wildman–Crippen MR) is 150 cm³/mol. The molecule has 0 spiro atoms. The van der Waals surface area contributed by atoms with Crippen molar-refractivity contribution in [3.8, 4) is 5.75 Å². The van der Waals surface area contributed by atoms with E-state index >= 15 is 0 Å². The van der Waals surface area contributed by atoms with Crippen molar-refractivity contribution in [1.29, 1.82) is 0 Å². The van der Waals surface area contributed by atoms with Gasteiger partial charge in [0.2, 0.25) is 0 Å². The lowest BCUT2D eigenvalue weighted by Crippen LogP contribution is -2.44. The number of halogens is 2. The smallest absolute Gasteiger partial charge is 0.307 e. The summed E-state index contributed by atoms with van der Waals surface area (Å²) in [6.45, 7) is 0. The van der Waals surface area contributed by atoms with E-state index in [0.29, 0.717) is 6.42 Å². The van der Waals surface area contributed by atoms with E-state index in [0.717, 1.165) is 40.2 Å². The number of hydrazine groups is 1. The highest BCUT2D eigenvalue weighted by molar-refractivity contribution is 5.94. The van der Waals surface area contributed by atoms with Gasteiger partial charge < -0.3 is 30.9 Å². The van der Waals surface area contributed by atoms with Crippen LogP contribution in [0.5, 0.6) is 5.75 Å². The average molecular weight is 564 g/mol. The van der Waals surface area contributed by atoms with E-state index in [1.54, 1.807) is 12.1 Å². The molecule has 7 N–H and O–H groups in total. The maximum atomic E-state index is 13.8. The minimum absolute atomic E-state index is 0.0415. The Hall–Kier alpha value is -4.90. The number of hydrogen-bond acceptors (Lipinski definition) is 7. The highest BCUT2D eigenvalue weighted by Crippen LogP contribution is 2.22. The zero-order valence-corrected chi connectivity index (χ0v) is 22.3. The van der Waals surface area contributed by atoms with Crippen molar-refractivity contribution < 1.29 is 28.2 Å². The number of methoxy groups -OCH3 is 1. The summed E-state index contributed by atoms with van der Waals surface area (Å²) in [5, 5.41) is 14.7. The number of benzene rings is 3. The number of fused-ring (bicyclic) bond motifs is 1. The molecule has 0 aliphatic carbocycles. The van der Waals surface area contributed by atoms with Crippen LogP contribution in [0.4, 0.5) is 8.78 Å². The van der Waals surface area contributed by atoms with Crippen LogP contribution in [0.15, 0.2) is 84.8 Å². The molecule has 2 unspecified atom stereocenters. The predicted octanol–water partition coefficient (Wildman–Crippen LogP) is 3.64. The molecule has 9 nitrogen and oxygen atoms in total. The average Bonchev–Trinajstić information content (AvgIpc) is 3.37. The number of aromatic hydroxyl groups is 1. The fourth-order valence-corrected chi connectivity index (χ4v) is 4.48. The number of nitrogens with two attached hydrogens (primary N) is 2. The third-order valence-electron chi connectivity index (χ3n) is 6.75. The van der Waals surface area contributed by atoms with Crippen LogP contribution in [0.2, 0.25) is 0 Å². The van der Waals surface area contributed by atoms with Crippen molar-refractivity contribution in [2.24, 2.45) is 11.6 Å². The van der Waals surface area contributed by atoms with Gasteiger partial charge in [0.05, 0.1) is 25.6 Å². The number of phenolic OH excluding ortho intramolecular Hbond substituents is 1. The fraction of sp³-hybridized carbons (Fsp3) is 0.200. The van der Waals surface area contributed by atoms with Crippen molar-refractivity contribution in [3.05, 3.63) is 113 Å². The number of carbonyl (C=O) groups excluding carboxylic acids is 2. The van der Waals surface area contributed by atoms with Gasteiger partial charge in [0.25, 0.3) is 5.91 Å². The molecule has 1 heterocycles. The number of para-hydroxylation sites is 1. The number of rotatable bonds is 11. The summed E-state index contributed by atoms with van der Waals surface area (Å²) in [6, 6.07) is 15.5. The number of aromatic amines is 1. The van der Waals surface area contributed by atoms with Crippen LogP contribution in [0.1, 0.15) is 27.9 Å². The summed E-state index contributed by atoms with van der Waals surface area (Å²) in [5.41, 5.74) is 9.10. The molecule has 4 rings (SSSR count). The highest BCUT2D eigenvalue weighted by atomic mass is 19.2. The van der Waals surface area contributed by atoms with E-state index in [1.165, 1.54) is 30.5 Å². The summed E-state index contributed by atoms with van der Waals surface area (Å²) in [7, 11) is 1.29. The van der Waals surface area contributed by atoms with Crippen LogP contribution in [0, 0.1) is 11.6 Å². The number of nitrogens with zero attached hydrogens (tertiary/aromatic N) is 1. The Morgan fingerprint density at radius 1 is 1.07 bits per heavy atom. The van der Waals surface area contributed by atoms with Crippen LogP contribution >= 0.6 is 0 Å². The third-order valence-corrected chi connectivity index (χ3v) is 6.75. The van der Waals surface area contributed by atoms with Gasteiger partial charge in [0.15, 0.2) is 11.6 Å². The SMILES string of the molecule is COC(=O)CC(Cc1c[nH]c2ccccc12)N(N)/C=C(\N)C(Cc1ccc(O)cc1)NC(=O)c1ccc(F)c(F)c1. The van der Waals surface area contributed by atoms with Crippen molar-refractivity contribution >= 4 is 22.8 Å². The van der Waals surface area contributed by atoms with Gasteiger partial charge in [-0.3, -0.25) is 9.59 Å². The second kappa shape index (κ2) is 13.0. The molecular weight excluding hydrogens is 532 g/mol. The molecule has 4 aromatic rings. The van der Waals surface area contributed by atoms with Gasteiger partial charge in [0, 0.05) is 34.6 Å². The second-order valence-electron chi connectivity index (χ2n) is 9.60. The molecule has 0 saturated heterocycles. The Bertz CT molecular complexity index is 1550. The van der Waals surface area contributed by atoms with Gasteiger partial charge >= 0.3 is 5.97 Å². The topological polar surface area (TPSA) is 147 Å². The van der Waals surface area contributed by atoms with Crippen LogP contribution in [-0.2, 0) is 22.4 Å². The molecule has 1 amide bonds. The molecule has 2 atom stereocenters. The lowest BCUT2D eigenvalue weighted by molar-refractivity contribution is -0.141. The lowest BCUT2D eigenvalue weighted by atomic mass is 10.0. The van der Waals surface area contributed by atoms with Gasteiger partial charge in [-0.2, -0.15) is 0 Å². The molecule has 3 aromatic carbocycles. The molecule has 11 heteroatoms. The fourth-order valence-electron chi connectivity index (χ4n) is 4.48. The first kappa shape index (κ1) is 29.1. The van der Waals surface area contributed by atoms with Crippen LogP contribution in [0.3, 0.4) is 0 Å². The number of nitrogens with one attached hydrogen (secondary N) is 2. The zero-order chi connectivity index (χ0) is 29.5. The quantitative estimate of drug-likeness (QED) is 0.106. The van der Waals surface area contributed by atoms with E-state index in [-0.39, 0.29) is 29.9 Å². The minimum Gasteiger partial charge on any atom is -0.508 e. The Labute approximate surface area is 235 Å². The van der Waals surface area contributed by atoms with Gasteiger partial charge in [-0.05, 0) is 60.4 Å². The van der Waals surface area contributed by atoms with E-state index in [9.17, 15) is 23.5 Å². The van der Waals surface area contributed by atoms with Crippen LogP contribution < -0.4 is 16.9 Å². The normalized spacial score (nSPS) is 13.0. The Balaban J connectivity index is 1.61. The first-order valence-electron chi connectivity index (χ1n) is 12.8. The molecule has 41 heavy (non-hydrogen) atoms. The maximum absolute atomic E-state index is 13.8. The molecular formula is C30H31F2N5O4.